The minimum absolute atomic E-state index is 0. The molecule has 1 radical (unpaired) electrons. The van der Waals surface area contributed by atoms with Crippen LogP contribution in [0.4, 0.5) is 0 Å². The van der Waals surface area contributed by atoms with Gasteiger partial charge in [-0.1, -0.05) is 41.5 Å². The number of hydrogen-bond donors (Lipinski definition) is 0. The number of rotatable bonds is 0. The van der Waals surface area contributed by atoms with Gasteiger partial charge < -0.3 is 18.3 Å². The van der Waals surface area contributed by atoms with Gasteiger partial charge in [-0.15, -0.1) is 0 Å². The van der Waals surface area contributed by atoms with Crippen LogP contribution in [0.25, 0.3) is 0 Å². The molecule has 0 saturated carbocycles. The molecule has 0 fully saturated rings. The summed E-state index contributed by atoms with van der Waals surface area (Å²) in [5.41, 5.74) is 0.719. The Morgan fingerprint density at radius 1 is 0.786 bits per heavy atom. The third-order valence-corrected chi connectivity index (χ3v) is 0.866. The molecule has 1 nitrogen and oxygen atoms in total. The molecule has 0 atom stereocenters. The Balaban J connectivity index is -0.0000000505. The van der Waals surface area contributed by atoms with Gasteiger partial charge in [0.2, 0.25) is 0 Å². The van der Waals surface area contributed by atoms with E-state index in [1.165, 1.54) is 0 Å². The molecule has 0 bridgehead atoms. The molecule has 77 valence electrons. The van der Waals surface area contributed by atoms with E-state index in [-0.39, 0.29) is 54.8 Å². The molecule has 0 saturated heterocycles. The summed E-state index contributed by atoms with van der Waals surface area (Å²) in [6, 6.07) is 0. The Morgan fingerprint density at radius 3 is 0.929 bits per heavy atom. The van der Waals surface area contributed by atoms with Crippen molar-refractivity contribution in [2.75, 3.05) is 0 Å². The van der Waals surface area contributed by atoms with E-state index >= 15 is 0 Å². The second-order valence-electron chi connectivity index (χ2n) is 4.88. The van der Waals surface area contributed by atoms with E-state index in [2.05, 4.69) is 48.0 Å². The van der Waals surface area contributed by atoms with Gasteiger partial charge in [0, 0.05) is 17.1 Å². The third-order valence-electron chi connectivity index (χ3n) is 0.866. The zero-order valence-corrected chi connectivity index (χ0v) is 11.8. The summed E-state index contributed by atoms with van der Waals surface area (Å²) >= 11 is 0. The summed E-state index contributed by atoms with van der Waals surface area (Å²) in [6.07, 6.45) is 2.38. The van der Waals surface area contributed by atoms with Crippen LogP contribution in [-0.4, -0.2) is 0 Å². The fraction of sp³-hybridized carbons (Fsp3) is 0.800. The van der Waals surface area contributed by atoms with E-state index < -0.39 is 0 Å². The second kappa shape index (κ2) is 12.3. The summed E-state index contributed by atoms with van der Waals surface area (Å²) in [7, 11) is 0. The summed E-state index contributed by atoms with van der Waals surface area (Å²) in [6.45, 7) is 18.2. The Bertz CT molecular complexity index is 110. The maximum absolute atomic E-state index is 6.25. The van der Waals surface area contributed by atoms with Gasteiger partial charge in [0.15, 0.2) is 0 Å². The molecular weight excluding hydrogens is 212 g/mol. The van der Waals surface area contributed by atoms with Crippen LogP contribution in [-0.2, 0) is 17.1 Å². The molecule has 14 heavy (non-hydrogen) atoms. The third kappa shape index (κ3) is 37.9. The Kier molecular flexibility index (Phi) is 25.8. The Hall–Kier alpha value is 1.20. The SMILES string of the molecule is CC(C)(C)[CH-]C(C)(C)C.[C-]#N.[Cu].[Li+].[Li+]. The van der Waals surface area contributed by atoms with E-state index in [0.29, 0.717) is 10.8 Å². The van der Waals surface area contributed by atoms with Crippen LogP contribution in [0.1, 0.15) is 41.5 Å². The first-order valence-electron chi connectivity index (χ1n) is 3.80. The molecule has 0 spiro atoms. The molecule has 0 aliphatic heterocycles. The van der Waals surface area contributed by atoms with Gasteiger partial charge in [-0.25, -0.2) is 0 Å². The first-order valence-corrected chi connectivity index (χ1v) is 3.80. The van der Waals surface area contributed by atoms with Crippen LogP contribution in [0.3, 0.4) is 0 Å². The first-order chi connectivity index (χ1) is 4.71. The molecule has 4 heteroatoms. The van der Waals surface area contributed by atoms with Crippen molar-refractivity contribution < 1.29 is 54.8 Å². The van der Waals surface area contributed by atoms with Crippen molar-refractivity contribution in [3.63, 3.8) is 0 Å². The Morgan fingerprint density at radius 2 is 0.929 bits per heavy atom. The van der Waals surface area contributed by atoms with Crippen molar-refractivity contribution in [2.45, 2.75) is 41.5 Å². The van der Waals surface area contributed by atoms with Crippen LogP contribution in [0.15, 0.2) is 0 Å². The smallest absolute Gasteiger partial charge is 0.512 e. The predicted octanol–water partition coefficient (Wildman–Crippen LogP) is -2.62. The van der Waals surface area contributed by atoms with Crippen LogP contribution >= 0.6 is 0 Å². The van der Waals surface area contributed by atoms with E-state index in [0.717, 1.165) is 0 Å². The maximum Gasteiger partial charge on any atom is 1.00 e. The van der Waals surface area contributed by atoms with Gasteiger partial charge in [0.1, 0.15) is 0 Å². The van der Waals surface area contributed by atoms with E-state index in [4.69, 9.17) is 11.8 Å². The van der Waals surface area contributed by atoms with E-state index in [1.54, 1.807) is 0 Å². The topological polar surface area (TPSA) is 23.8 Å². The molecule has 0 aliphatic rings. The standard InChI is InChI=1S/C9H19.CN.Cu.2Li/c1-8(2,3)7-9(4,5)6;1-2;;;/h7H,1-6H3;;;;/q2*-1;;2*+1. The molecule has 0 heterocycles. The van der Waals surface area contributed by atoms with Crippen LogP contribution in [0, 0.1) is 29.1 Å². The summed E-state index contributed by atoms with van der Waals surface area (Å²) < 4.78 is 0. The largest absolute Gasteiger partial charge is 1.00 e. The second-order valence-corrected chi connectivity index (χ2v) is 4.88. The average molecular weight is 231 g/mol. The zero-order valence-electron chi connectivity index (χ0n) is 10.8. The molecule has 0 N–H and O–H groups in total. The molecule has 0 aromatic carbocycles. The molecule has 0 aliphatic carbocycles. The van der Waals surface area contributed by atoms with Gasteiger partial charge in [-0.3, -0.25) is 0 Å². The number of nitrogens with zero attached hydrogens (tertiary/aromatic N) is 1. The average Bonchev–Trinajstić information content (AvgIpc) is 1.60. The monoisotopic (exact) mass is 230 g/mol. The van der Waals surface area contributed by atoms with Crippen molar-refractivity contribution in [3.05, 3.63) is 13.0 Å². The summed E-state index contributed by atoms with van der Waals surface area (Å²) in [5, 5.41) is 6.25. The van der Waals surface area contributed by atoms with Crippen LogP contribution in [0.5, 0.6) is 0 Å². The molecule has 0 aromatic rings. The summed E-state index contributed by atoms with van der Waals surface area (Å²) in [5.74, 6) is 0. The Labute approximate surface area is 125 Å². The first kappa shape index (κ1) is 29.5. The normalized spacial score (nSPS) is 9.14. The fourth-order valence-corrected chi connectivity index (χ4v) is 1.30. The van der Waals surface area contributed by atoms with Gasteiger partial charge in [0.05, 0.1) is 0 Å². The predicted molar refractivity (Wildman–Crippen MR) is 48.2 cm³/mol. The van der Waals surface area contributed by atoms with Gasteiger partial charge in [-0.2, -0.15) is 10.8 Å². The van der Waals surface area contributed by atoms with Crippen LogP contribution in [0.2, 0.25) is 0 Å². The maximum atomic E-state index is 6.25. The van der Waals surface area contributed by atoms with Crippen molar-refractivity contribution in [3.8, 4) is 0 Å². The van der Waals surface area contributed by atoms with Gasteiger partial charge >= 0.3 is 37.7 Å². The minimum atomic E-state index is 0. The van der Waals surface area contributed by atoms with Crippen molar-refractivity contribution in [1.29, 1.82) is 5.26 Å². The van der Waals surface area contributed by atoms with E-state index in [9.17, 15) is 0 Å². The zero-order chi connectivity index (χ0) is 9.71. The molecule has 0 amide bonds. The minimum Gasteiger partial charge on any atom is -0.512 e. The van der Waals surface area contributed by atoms with Crippen LogP contribution < -0.4 is 37.7 Å². The van der Waals surface area contributed by atoms with Gasteiger partial charge in [-0.05, 0) is 0 Å². The molecule has 0 unspecified atom stereocenters. The van der Waals surface area contributed by atoms with Crippen molar-refractivity contribution in [1.82, 2.24) is 0 Å². The molecule has 0 rings (SSSR count). The fourth-order valence-electron chi connectivity index (χ4n) is 1.30. The number of hydrogen-bond acceptors (Lipinski definition) is 1. The molecular formula is C10H19CuLi2N. The van der Waals surface area contributed by atoms with Crippen molar-refractivity contribution in [2.24, 2.45) is 10.8 Å². The quantitative estimate of drug-likeness (QED) is 0.330. The summed E-state index contributed by atoms with van der Waals surface area (Å²) in [4.78, 5) is 0. The van der Waals surface area contributed by atoms with E-state index in [1.807, 2.05) is 0 Å². The molecule has 0 aromatic heterocycles. The van der Waals surface area contributed by atoms with Crippen molar-refractivity contribution >= 4 is 0 Å². The van der Waals surface area contributed by atoms with Gasteiger partial charge in [0.25, 0.3) is 0 Å².